The van der Waals surface area contributed by atoms with Crippen LogP contribution >= 0.6 is 0 Å². The molecule has 1 aliphatic heterocycles. The van der Waals surface area contributed by atoms with Crippen LogP contribution in [0.25, 0.3) is 5.65 Å². The monoisotopic (exact) mass is 309 g/mol. The van der Waals surface area contributed by atoms with Crippen LogP contribution in [0.3, 0.4) is 0 Å². The number of hydrogen-bond acceptors (Lipinski definition) is 7. The Morgan fingerprint density at radius 1 is 1.04 bits per heavy atom. The summed E-state index contributed by atoms with van der Waals surface area (Å²) >= 11 is 0. The Balaban J connectivity index is 1.62. The van der Waals surface area contributed by atoms with E-state index in [2.05, 4.69) is 15.5 Å². The highest BCUT2D eigenvalue weighted by Gasteiger charge is 2.38. The largest absolute Gasteiger partial charge is 0.364 e. The standard InChI is InChI=1S/C14H7N5O4/c20-12-9-3-1-2-4-10(9)13(21)19(12)23-14(22)8-5-6-18-11(7-8)15-16-17-18/h1-7H. The minimum absolute atomic E-state index is 0.115. The summed E-state index contributed by atoms with van der Waals surface area (Å²) in [5.41, 5.74) is 0.843. The van der Waals surface area contributed by atoms with Crippen LogP contribution < -0.4 is 0 Å². The molecule has 0 spiro atoms. The molecule has 112 valence electrons. The molecule has 0 radical (unpaired) electrons. The SMILES string of the molecule is O=C(ON1C(=O)c2ccccc2C1=O)c1ccn2nnnc2c1. The van der Waals surface area contributed by atoms with Crippen molar-refractivity contribution in [3.63, 3.8) is 0 Å². The van der Waals surface area contributed by atoms with Gasteiger partial charge in [0.15, 0.2) is 5.65 Å². The molecule has 0 saturated heterocycles. The number of fused-ring (bicyclic) bond motifs is 2. The van der Waals surface area contributed by atoms with E-state index in [0.717, 1.165) is 0 Å². The number of pyridine rings is 1. The zero-order valence-electron chi connectivity index (χ0n) is 11.4. The first-order valence-corrected chi connectivity index (χ1v) is 6.53. The third-order valence-corrected chi connectivity index (χ3v) is 3.36. The molecule has 2 amide bonds. The number of amides is 2. The summed E-state index contributed by atoms with van der Waals surface area (Å²) in [6, 6.07) is 9.06. The molecule has 9 nitrogen and oxygen atoms in total. The Hall–Kier alpha value is -3.62. The molecule has 9 heteroatoms. The average molecular weight is 309 g/mol. The van der Waals surface area contributed by atoms with E-state index in [1.807, 2.05) is 0 Å². The van der Waals surface area contributed by atoms with E-state index in [1.54, 1.807) is 12.1 Å². The van der Waals surface area contributed by atoms with Gasteiger partial charge in [-0.2, -0.15) is 0 Å². The van der Waals surface area contributed by atoms with E-state index in [0.29, 0.717) is 10.7 Å². The molecule has 2 aromatic heterocycles. The van der Waals surface area contributed by atoms with Gasteiger partial charge in [0, 0.05) is 6.20 Å². The maximum atomic E-state index is 12.2. The number of rotatable bonds is 2. The predicted octanol–water partition coefficient (Wildman–Crippen LogP) is 0.492. The normalized spacial score (nSPS) is 13.5. The van der Waals surface area contributed by atoms with Crippen molar-refractivity contribution in [2.45, 2.75) is 0 Å². The van der Waals surface area contributed by atoms with Gasteiger partial charge in [-0.1, -0.05) is 17.2 Å². The maximum Gasteiger partial charge on any atom is 0.364 e. The molecular weight excluding hydrogens is 302 g/mol. The summed E-state index contributed by atoms with van der Waals surface area (Å²) in [7, 11) is 0. The van der Waals surface area contributed by atoms with E-state index in [1.165, 1.54) is 35.0 Å². The second kappa shape index (κ2) is 4.70. The fourth-order valence-electron chi connectivity index (χ4n) is 2.25. The highest BCUT2D eigenvalue weighted by Crippen LogP contribution is 2.23. The number of imide groups is 1. The summed E-state index contributed by atoms with van der Waals surface area (Å²) < 4.78 is 1.36. The zero-order chi connectivity index (χ0) is 16.0. The molecule has 0 N–H and O–H groups in total. The van der Waals surface area contributed by atoms with Gasteiger partial charge in [-0.3, -0.25) is 9.59 Å². The minimum Gasteiger partial charge on any atom is -0.324 e. The average Bonchev–Trinajstić information content (AvgIpc) is 3.13. The number of nitrogens with zero attached hydrogens (tertiary/aromatic N) is 5. The molecule has 3 heterocycles. The van der Waals surface area contributed by atoms with Crippen molar-refractivity contribution in [3.8, 4) is 0 Å². The highest BCUT2D eigenvalue weighted by atomic mass is 16.7. The smallest absolute Gasteiger partial charge is 0.324 e. The van der Waals surface area contributed by atoms with E-state index >= 15 is 0 Å². The number of carbonyl (C=O) groups excluding carboxylic acids is 3. The lowest BCUT2D eigenvalue weighted by Gasteiger charge is -2.12. The summed E-state index contributed by atoms with van der Waals surface area (Å²) in [5, 5.41) is 11.3. The van der Waals surface area contributed by atoms with E-state index in [9.17, 15) is 14.4 Å². The van der Waals surface area contributed by atoms with Gasteiger partial charge in [-0.25, -0.2) is 9.31 Å². The van der Waals surface area contributed by atoms with Gasteiger partial charge >= 0.3 is 5.97 Å². The molecule has 1 aliphatic rings. The van der Waals surface area contributed by atoms with Crippen molar-refractivity contribution in [2.75, 3.05) is 0 Å². The minimum atomic E-state index is -0.856. The third-order valence-electron chi connectivity index (χ3n) is 3.36. The van der Waals surface area contributed by atoms with Crippen LogP contribution in [0.5, 0.6) is 0 Å². The lowest BCUT2D eigenvalue weighted by molar-refractivity contribution is -0.0584. The Bertz CT molecular complexity index is 945. The van der Waals surface area contributed by atoms with Crippen molar-refractivity contribution in [2.24, 2.45) is 0 Å². The summed E-state index contributed by atoms with van der Waals surface area (Å²) in [5.74, 6) is -2.21. The molecule has 1 aromatic carbocycles. The second-order valence-corrected chi connectivity index (χ2v) is 4.73. The Morgan fingerprint density at radius 3 is 2.43 bits per heavy atom. The van der Waals surface area contributed by atoms with E-state index in [-0.39, 0.29) is 16.7 Å². The number of hydrogen-bond donors (Lipinski definition) is 0. The molecule has 0 fully saturated rings. The number of carbonyl (C=O) groups is 3. The number of hydroxylamine groups is 2. The van der Waals surface area contributed by atoms with Crippen LogP contribution in [0.15, 0.2) is 42.6 Å². The predicted molar refractivity (Wildman–Crippen MR) is 73.1 cm³/mol. The fraction of sp³-hybridized carbons (Fsp3) is 0. The van der Waals surface area contributed by atoms with Gasteiger partial charge < -0.3 is 4.84 Å². The van der Waals surface area contributed by atoms with Crippen molar-refractivity contribution in [1.29, 1.82) is 0 Å². The highest BCUT2D eigenvalue weighted by molar-refractivity contribution is 6.21. The van der Waals surface area contributed by atoms with Crippen LogP contribution in [0.4, 0.5) is 0 Å². The maximum absolute atomic E-state index is 12.2. The number of benzene rings is 1. The molecule has 4 rings (SSSR count). The van der Waals surface area contributed by atoms with Crippen LogP contribution in [-0.4, -0.2) is 42.9 Å². The van der Waals surface area contributed by atoms with Gasteiger partial charge in [-0.15, -0.1) is 5.10 Å². The third kappa shape index (κ3) is 1.94. The van der Waals surface area contributed by atoms with Gasteiger partial charge in [-0.05, 0) is 34.7 Å². The van der Waals surface area contributed by atoms with Crippen molar-refractivity contribution in [1.82, 2.24) is 25.1 Å². The molecule has 0 saturated carbocycles. The van der Waals surface area contributed by atoms with Crippen LogP contribution in [0, 0.1) is 0 Å². The Kier molecular flexibility index (Phi) is 2.67. The van der Waals surface area contributed by atoms with E-state index < -0.39 is 17.8 Å². The molecule has 3 aromatic rings. The molecule has 0 bridgehead atoms. The van der Waals surface area contributed by atoms with E-state index in [4.69, 9.17) is 4.84 Å². The molecule has 23 heavy (non-hydrogen) atoms. The topological polar surface area (TPSA) is 107 Å². The molecule has 0 atom stereocenters. The zero-order valence-corrected chi connectivity index (χ0v) is 11.4. The first-order valence-electron chi connectivity index (χ1n) is 6.53. The number of tetrazole rings is 1. The summed E-state index contributed by atoms with van der Waals surface area (Å²) in [6.45, 7) is 0. The summed E-state index contributed by atoms with van der Waals surface area (Å²) in [6.07, 6.45) is 1.47. The lowest BCUT2D eigenvalue weighted by atomic mass is 10.1. The lowest BCUT2D eigenvalue weighted by Crippen LogP contribution is -2.32. The van der Waals surface area contributed by atoms with Crippen LogP contribution in [-0.2, 0) is 4.84 Å². The summed E-state index contributed by atoms with van der Waals surface area (Å²) in [4.78, 5) is 41.4. The quantitative estimate of drug-likeness (QED) is 0.634. The first-order chi connectivity index (χ1) is 11.1. The van der Waals surface area contributed by atoms with Crippen LogP contribution in [0.1, 0.15) is 31.1 Å². The Labute approximate surface area is 128 Å². The second-order valence-electron chi connectivity index (χ2n) is 4.73. The van der Waals surface area contributed by atoms with Gasteiger partial charge in [0.2, 0.25) is 0 Å². The van der Waals surface area contributed by atoms with Crippen molar-refractivity contribution < 1.29 is 19.2 Å². The Morgan fingerprint density at radius 2 is 1.74 bits per heavy atom. The van der Waals surface area contributed by atoms with Crippen molar-refractivity contribution in [3.05, 3.63) is 59.3 Å². The van der Waals surface area contributed by atoms with Gasteiger partial charge in [0.25, 0.3) is 11.8 Å². The number of aromatic nitrogens is 4. The fourth-order valence-corrected chi connectivity index (χ4v) is 2.25. The van der Waals surface area contributed by atoms with Crippen LogP contribution in [0.2, 0.25) is 0 Å². The van der Waals surface area contributed by atoms with Gasteiger partial charge in [0.05, 0.1) is 16.7 Å². The van der Waals surface area contributed by atoms with Crippen molar-refractivity contribution >= 4 is 23.4 Å². The molecule has 0 aliphatic carbocycles. The molecular formula is C14H7N5O4. The molecule has 0 unspecified atom stereocenters. The van der Waals surface area contributed by atoms with Gasteiger partial charge in [0.1, 0.15) is 0 Å². The first kappa shape index (κ1) is 13.1.